The van der Waals surface area contributed by atoms with E-state index in [1.54, 1.807) is 22.9 Å². The molecule has 5 atom stereocenters. The number of aliphatic hydroxyl groups is 1. The summed E-state index contributed by atoms with van der Waals surface area (Å²) in [6.07, 6.45) is 0.915. The van der Waals surface area contributed by atoms with Crippen LogP contribution in [0.3, 0.4) is 0 Å². The molecule has 198 valence electrons. The van der Waals surface area contributed by atoms with Crippen LogP contribution in [0.25, 0.3) is 0 Å². The number of nitrogens with zero attached hydrogens (tertiary/aromatic N) is 2. The molecule has 0 unspecified atom stereocenters. The number of ether oxygens (including phenoxy) is 1. The molecule has 6 nitrogen and oxygen atoms in total. The van der Waals surface area contributed by atoms with Crippen molar-refractivity contribution >= 4 is 48.5 Å². The second-order valence-electron chi connectivity index (χ2n) is 11.1. The number of amides is 2. The third-order valence-corrected chi connectivity index (χ3v) is 11.5. The van der Waals surface area contributed by atoms with Gasteiger partial charge in [0.15, 0.2) is 5.60 Å². The number of hydrogen-bond donors (Lipinski definition) is 1. The van der Waals surface area contributed by atoms with Crippen LogP contribution < -0.4 is 4.90 Å². The molecule has 5 rings (SSSR count). The molecular weight excluding hydrogens is 602 g/mol. The Morgan fingerprint density at radius 1 is 1.24 bits per heavy atom. The molecule has 3 aliphatic rings. The van der Waals surface area contributed by atoms with Crippen molar-refractivity contribution in [2.45, 2.75) is 69.1 Å². The lowest BCUT2D eigenvalue weighted by Crippen LogP contribution is -2.45. The van der Waals surface area contributed by atoms with Crippen LogP contribution in [0, 0.1) is 9.49 Å². The van der Waals surface area contributed by atoms with Crippen molar-refractivity contribution in [1.82, 2.24) is 4.90 Å². The van der Waals surface area contributed by atoms with Gasteiger partial charge in [-0.15, -0.1) is 0 Å². The van der Waals surface area contributed by atoms with Gasteiger partial charge in [0.1, 0.15) is 0 Å². The van der Waals surface area contributed by atoms with Crippen LogP contribution in [0.15, 0.2) is 48.5 Å². The summed E-state index contributed by atoms with van der Waals surface area (Å²) in [7, 11) is -3.35. The minimum atomic E-state index is -3.35. The summed E-state index contributed by atoms with van der Waals surface area (Å²) in [4.78, 5) is 31.1. The number of halogens is 2. The van der Waals surface area contributed by atoms with Gasteiger partial charge in [0.25, 0.3) is 5.91 Å². The number of carbonyl (C=O) groups excluding carboxylic acids is 2. The Morgan fingerprint density at radius 2 is 2.00 bits per heavy atom. The first-order valence-corrected chi connectivity index (χ1v) is 17.0. The second kappa shape index (κ2) is 10.1. The van der Waals surface area contributed by atoms with Crippen molar-refractivity contribution in [2.24, 2.45) is 5.92 Å². The zero-order valence-corrected chi connectivity index (χ0v) is 24.7. The summed E-state index contributed by atoms with van der Waals surface area (Å²) in [5, 5.41) is 9.72. The topological polar surface area (TPSA) is 70.1 Å². The number of likely N-dealkylation sites (tertiary alicyclic amines) is 1. The summed E-state index contributed by atoms with van der Waals surface area (Å²) in [5.74, 6) is -0.755. The van der Waals surface area contributed by atoms with Crippen molar-refractivity contribution in [2.75, 3.05) is 18.1 Å². The van der Waals surface area contributed by atoms with Crippen LogP contribution in [-0.4, -0.2) is 55.5 Å². The first-order valence-electron chi connectivity index (χ1n) is 13.0. The average molecular weight is 637 g/mol. The Labute approximate surface area is 232 Å². The Bertz CT molecular complexity index is 1210. The first kappa shape index (κ1) is 26.8. The fourth-order valence-electron chi connectivity index (χ4n) is 6.82. The average Bonchev–Trinajstić information content (AvgIpc) is 3.50. The lowest BCUT2D eigenvalue weighted by Gasteiger charge is -2.31. The first-order chi connectivity index (χ1) is 17.6. The molecule has 2 saturated heterocycles. The lowest BCUT2D eigenvalue weighted by molar-refractivity contribution is -0.150. The van der Waals surface area contributed by atoms with Gasteiger partial charge in [-0.3, -0.25) is 9.59 Å². The zero-order valence-electron chi connectivity index (χ0n) is 21.5. The molecule has 3 aliphatic heterocycles. The standard InChI is InChI=1S/C28H34FIN2O4Si/c1-18-26(37(2,3)29)24(15-25(34)31-13-7-10-21(31)17-33)36-28(18)22-11-4-5-12-23(22)32(27(28)35)16-19-8-6-9-20(30)14-19/h4-6,8-9,11-12,14,18,21,24,26,33H,7,10,13,15-17H2,1-3H3/t18-,21-,24+,26-,28+/m0/s1. The van der Waals surface area contributed by atoms with E-state index in [4.69, 9.17) is 4.74 Å². The predicted molar refractivity (Wildman–Crippen MR) is 151 cm³/mol. The van der Waals surface area contributed by atoms with Crippen LogP contribution in [-0.2, 0) is 26.5 Å². The third kappa shape index (κ3) is 4.55. The van der Waals surface area contributed by atoms with Crippen molar-refractivity contribution in [3.63, 3.8) is 0 Å². The quantitative estimate of drug-likeness (QED) is 0.276. The molecule has 0 saturated carbocycles. The highest BCUT2D eigenvalue weighted by Gasteiger charge is 2.67. The summed E-state index contributed by atoms with van der Waals surface area (Å²) < 4.78 is 23.7. The smallest absolute Gasteiger partial charge is 0.264 e. The third-order valence-electron chi connectivity index (χ3n) is 8.38. The summed E-state index contributed by atoms with van der Waals surface area (Å²) >= 11 is 2.26. The number of rotatable bonds is 6. The van der Waals surface area contributed by atoms with E-state index in [1.807, 2.05) is 49.4 Å². The van der Waals surface area contributed by atoms with Crippen LogP contribution >= 0.6 is 22.6 Å². The highest BCUT2D eigenvalue weighted by atomic mass is 127. The number of benzene rings is 2. The molecular formula is C28H34FIN2O4Si. The van der Waals surface area contributed by atoms with Gasteiger partial charge in [0.2, 0.25) is 14.3 Å². The minimum Gasteiger partial charge on any atom is -0.394 e. The van der Waals surface area contributed by atoms with Gasteiger partial charge in [-0.05, 0) is 72.3 Å². The van der Waals surface area contributed by atoms with Gasteiger partial charge in [0.05, 0.1) is 37.4 Å². The lowest BCUT2D eigenvalue weighted by atomic mass is 9.82. The van der Waals surface area contributed by atoms with Gasteiger partial charge in [-0.2, -0.15) is 0 Å². The number of fused-ring (bicyclic) bond motifs is 2. The molecule has 1 N–H and O–H groups in total. The normalized spacial score (nSPS) is 29.4. The number of anilines is 1. The SMILES string of the molecule is C[C@H]1[C@H]([Si](C)(C)F)[C@@H](CC(=O)N2CCC[C@H]2CO)O[C@]12C(=O)N(Cc1cccc(I)c1)c1ccccc12. The van der Waals surface area contributed by atoms with Crippen molar-refractivity contribution < 1.29 is 23.5 Å². The number of aliphatic hydroxyl groups excluding tert-OH is 1. The van der Waals surface area contributed by atoms with Gasteiger partial charge < -0.3 is 23.8 Å². The molecule has 0 bridgehead atoms. The maximum atomic E-state index is 16.0. The summed E-state index contributed by atoms with van der Waals surface area (Å²) in [6.45, 7) is 6.11. The highest BCUT2D eigenvalue weighted by molar-refractivity contribution is 14.1. The van der Waals surface area contributed by atoms with Crippen LogP contribution in [0.5, 0.6) is 0 Å². The molecule has 3 heterocycles. The predicted octanol–water partition coefficient (Wildman–Crippen LogP) is 4.99. The summed E-state index contributed by atoms with van der Waals surface area (Å²) in [6, 6.07) is 15.5. The molecule has 9 heteroatoms. The van der Waals surface area contributed by atoms with Crippen molar-refractivity contribution in [1.29, 1.82) is 0 Å². The minimum absolute atomic E-state index is 0.0138. The maximum absolute atomic E-state index is 16.0. The highest BCUT2D eigenvalue weighted by Crippen LogP contribution is 2.60. The molecule has 37 heavy (non-hydrogen) atoms. The Hall–Kier alpha value is -1.82. The van der Waals surface area contributed by atoms with Gasteiger partial charge in [-0.25, -0.2) is 0 Å². The Morgan fingerprint density at radius 3 is 2.70 bits per heavy atom. The van der Waals surface area contributed by atoms with E-state index in [-0.39, 0.29) is 30.9 Å². The molecule has 2 aromatic carbocycles. The van der Waals surface area contributed by atoms with Crippen molar-refractivity contribution in [3.8, 4) is 0 Å². The molecule has 1 spiro atoms. The van der Waals surface area contributed by atoms with E-state index in [0.29, 0.717) is 13.1 Å². The Balaban J connectivity index is 1.51. The van der Waals surface area contributed by atoms with Crippen LogP contribution in [0.2, 0.25) is 18.6 Å². The van der Waals surface area contributed by atoms with Crippen molar-refractivity contribution in [3.05, 3.63) is 63.2 Å². The molecule has 0 aliphatic carbocycles. The molecule has 2 aromatic rings. The van der Waals surface area contributed by atoms with Gasteiger partial charge in [-0.1, -0.05) is 37.3 Å². The number of para-hydroxylation sites is 1. The second-order valence-corrected chi connectivity index (χ2v) is 16.1. The molecule has 2 amide bonds. The van der Waals surface area contributed by atoms with E-state index in [9.17, 15) is 14.7 Å². The van der Waals surface area contributed by atoms with Crippen LogP contribution in [0.4, 0.5) is 9.80 Å². The zero-order chi connectivity index (χ0) is 26.5. The fraction of sp³-hybridized carbons (Fsp3) is 0.500. The van der Waals surface area contributed by atoms with E-state index < -0.39 is 31.6 Å². The van der Waals surface area contributed by atoms with Gasteiger partial charge >= 0.3 is 0 Å². The Kier molecular flexibility index (Phi) is 7.27. The maximum Gasteiger partial charge on any atom is 0.264 e. The molecule has 0 radical (unpaired) electrons. The van der Waals surface area contributed by atoms with E-state index in [2.05, 4.69) is 28.7 Å². The number of hydrogen-bond acceptors (Lipinski definition) is 4. The monoisotopic (exact) mass is 636 g/mol. The molecule has 0 aromatic heterocycles. The van der Waals surface area contributed by atoms with E-state index in [1.165, 1.54) is 0 Å². The fourth-order valence-corrected chi connectivity index (χ4v) is 9.92. The van der Waals surface area contributed by atoms with Gasteiger partial charge in [0, 0.05) is 27.1 Å². The largest absolute Gasteiger partial charge is 0.394 e. The van der Waals surface area contributed by atoms with E-state index >= 15 is 4.11 Å². The number of carbonyl (C=O) groups is 2. The van der Waals surface area contributed by atoms with E-state index in [0.717, 1.165) is 33.2 Å². The summed E-state index contributed by atoms with van der Waals surface area (Å²) in [5.41, 5.74) is 0.686. The van der Waals surface area contributed by atoms with Crippen LogP contribution in [0.1, 0.15) is 37.3 Å². The molecule has 2 fully saturated rings.